The quantitative estimate of drug-likeness (QED) is 0.622. The largest absolute Gasteiger partial charge is 0.507 e. The molecule has 22 heavy (non-hydrogen) atoms. The maximum Gasteiger partial charge on any atom is 0.445 e. The third kappa shape index (κ3) is 3.93. The lowest BCUT2D eigenvalue weighted by Gasteiger charge is -1.96. The number of amides is 1. The molecule has 1 N–H and O–H groups in total. The normalized spacial score (nSPS) is 10.9. The molecule has 0 fully saturated rings. The Balaban J connectivity index is 2.19. The van der Waals surface area contributed by atoms with Gasteiger partial charge < -0.3 is 5.11 Å². The van der Waals surface area contributed by atoms with Crippen LogP contribution in [0.5, 0.6) is 5.75 Å². The zero-order valence-electron chi connectivity index (χ0n) is 10.2. The number of carbonyl (C=O) groups excluding carboxylic acids is 1. The minimum atomic E-state index is -4.62. The van der Waals surface area contributed by atoms with Crippen LogP contribution < -0.4 is 4.91 Å². The van der Waals surface area contributed by atoms with E-state index in [0.717, 1.165) is 0 Å². The van der Waals surface area contributed by atoms with Crippen LogP contribution in [0.4, 0.5) is 18.3 Å². The fourth-order valence-corrected chi connectivity index (χ4v) is 2.10. The Morgan fingerprint density at radius 1 is 1.36 bits per heavy atom. The van der Waals surface area contributed by atoms with Crippen LogP contribution in [-0.4, -0.2) is 21.2 Å². The predicted molar refractivity (Wildman–Crippen MR) is 71.7 cm³/mol. The van der Waals surface area contributed by atoms with Gasteiger partial charge in [-0.25, -0.2) is 0 Å². The molecular weight excluding hydrogens is 391 g/mol. The highest BCUT2D eigenvalue weighted by Crippen LogP contribution is 2.33. The molecule has 0 atom stereocenters. The minimum absolute atomic E-state index is 0.137. The van der Waals surface area contributed by atoms with Gasteiger partial charge in [-0.15, -0.1) is 10.2 Å². The SMILES string of the molecule is O=C(N=[N+]=Nc1nnc(C(F)(F)F)s1)c1cc(Br)ccc1O. The molecule has 0 saturated carbocycles. The Morgan fingerprint density at radius 3 is 2.73 bits per heavy atom. The van der Waals surface area contributed by atoms with Crippen LogP contribution >= 0.6 is 27.3 Å². The van der Waals surface area contributed by atoms with Crippen LogP contribution in [0.15, 0.2) is 32.9 Å². The highest BCUT2D eigenvalue weighted by molar-refractivity contribution is 9.10. The molecule has 0 radical (unpaired) electrons. The molecule has 12 heteroatoms. The maximum atomic E-state index is 12.3. The van der Waals surface area contributed by atoms with Crippen molar-refractivity contribution >= 4 is 38.3 Å². The summed E-state index contributed by atoms with van der Waals surface area (Å²) in [6.07, 6.45) is -4.62. The van der Waals surface area contributed by atoms with Crippen LogP contribution in [0.25, 0.3) is 0 Å². The lowest BCUT2D eigenvalue weighted by Crippen LogP contribution is -2.03. The molecule has 0 saturated heterocycles. The monoisotopic (exact) mass is 394 g/mol. The van der Waals surface area contributed by atoms with Crippen LogP contribution in [0.3, 0.4) is 0 Å². The summed E-state index contributed by atoms with van der Waals surface area (Å²) in [7, 11) is 0. The van der Waals surface area contributed by atoms with Crippen molar-refractivity contribution in [3.63, 3.8) is 0 Å². The molecule has 0 bridgehead atoms. The summed E-state index contributed by atoms with van der Waals surface area (Å²) in [4.78, 5) is 14.8. The molecule has 0 aliphatic carbocycles. The van der Waals surface area contributed by atoms with E-state index in [9.17, 15) is 23.1 Å². The number of alkyl halides is 3. The van der Waals surface area contributed by atoms with Gasteiger partial charge in [0.25, 0.3) is 0 Å². The first-order valence-electron chi connectivity index (χ1n) is 5.32. The van der Waals surface area contributed by atoms with E-state index in [4.69, 9.17) is 0 Å². The van der Waals surface area contributed by atoms with E-state index in [1.165, 1.54) is 18.2 Å². The standard InChI is InChI=1S/C10H3BrF3N5O2S/c11-4-1-2-6(20)5(3-4)7(21)15-19-18-9-17-16-8(22-9)10(12,13)14/h1-3H/p+1. The average Bonchev–Trinajstić information content (AvgIpc) is 2.90. The van der Waals surface area contributed by atoms with Crippen molar-refractivity contribution in [3.05, 3.63) is 33.2 Å². The molecular formula is C10H4BrF3N5O2S+. The molecule has 0 aliphatic rings. The van der Waals surface area contributed by atoms with Gasteiger partial charge in [0, 0.05) is 4.47 Å². The smallest absolute Gasteiger partial charge is 0.445 e. The van der Waals surface area contributed by atoms with Crippen molar-refractivity contribution in [1.82, 2.24) is 15.1 Å². The van der Waals surface area contributed by atoms with Crippen LogP contribution in [0.2, 0.25) is 0 Å². The molecule has 7 nitrogen and oxygen atoms in total. The van der Waals surface area contributed by atoms with E-state index in [2.05, 4.69) is 41.3 Å². The first-order chi connectivity index (χ1) is 10.3. The number of nitrogens with zero attached hydrogens (tertiary/aromatic N) is 5. The van der Waals surface area contributed by atoms with Crippen molar-refractivity contribution < 1.29 is 23.1 Å². The summed E-state index contributed by atoms with van der Waals surface area (Å²) in [6.45, 7) is 0. The van der Waals surface area contributed by atoms with Gasteiger partial charge in [-0.3, -0.25) is 4.79 Å². The van der Waals surface area contributed by atoms with Crippen molar-refractivity contribution in [2.75, 3.05) is 0 Å². The Morgan fingerprint density at radius 2 is 2.09 bits per heavy atom. The molecule has 2 aromatic rings. The maximum absolute atomic E-state index is 12.3. The Kier molecular flexibility index (Phi) is 4.64. The Bertz CT molecular complexity index is 785. The van der Waals surface area contributed by atoms with Crippen molar-refractivity contribution in [1.29, 1.82) is 0 Å². The second-order valence-electron chi connectivity index (χ2n) is 3.64. The highest BCUT2D eigenvalue weighted by Gasteiger charge is 2.36. The van der Waals surface area contributed by atoms with E-state index in [1.54, 1.807) is 0 Å². The second kappa shape index (κ2) is 6.30. The fraction of sp³-hybridized carbons (Fsp3) is 0.100. The molecule has 0 spiro atoms. The van der Waals surface area contributed by atoms with Gasteiger partial charge in [0.05, 0.1) is 5.56 Å². The number of benzene rings is 1. The molecule has 0 unspecified atom stereocenters. The zero-order chi connectivity index (χ0) is 16.3. The van der Waals surface area contributed by atoms with E-state index in [0.29, 0.717) is 4.47 Å². The zero-order valence-corrected chi connectivity index (χ0v) is 12.6. The van der Waals surface area contributed by atoms with Crippen LogP contribution in [0, 0.1) is 0 Å². The van der Waals surface area contributed by atoms with E-state index in [-0.39, 0.29) is 22.6 Å². The Hall–Kier alpha value is -2.17. The van der Waals surface area contributed by atoms with Gasteiger partial charge in [-0.1, -0.05) is 27.3 Å². The molecule has 114 valence electrons. The molecule has 2 rings (SSSR count). The van der Waals surface area contributed by atoms with Gasteiger partial charge in [-0.2, -0.15) is 13.2 Å². The van der Waals surface area contributed by atoms with E-state index < -0.39 is 22.2 Å². The number of phenolic OH excluding ortho intramolecular Hbond substituents is 1. The molecule has 0 aliphatic heterocycles. The summed E-state index contributed by atoms with van der Waals surface area (Å²) in [5.74, 6) is -1.23. The second-order valence-corrected chi connectivity index (χ2v) is 5.52. The van der Waals surface area contributed by atoms with Gasteiger partial charge in [0.2, 0.25) is 15.0 Å². The fourth-order valence-electron chi connectivity index (χ4n) is 1.21. The summed E-state index contributed by atoms with van der Waals surface area (Å²) in [5.41, 5.74) is -0.137. The predicted octanol–water partition coefficient (Wildman–Crippen LogP) is 3.47. The lowest BCUT2D eigenvalue weighted by molar-refractivity contribution is -0.138. The first-order valence-corrected chi connectivity index (χ1v) is 6.93. The molecule has 1 heterocycles. The first kappa shape index (κ1) is 16.2. The van der Waals surface area contributed by atoms with Gasteiger partial charge in [0.1, 0.15) is 5.75 Å². The van der Waals surface area contributed by atoms with Gasteiger partial charge in [0.15, 0.2) is 5.11 Å². The third-order valence-electron chi connectivity index (χ3n) is 2.11. The van der Waals surface area contributed by atoms with Crippen molar-refractivity contribution in [2.24, 2.45) is 10.2 Å². The summed E-state index contributed by atoms with van der Waals surface area (Å²) >= 11 is 3.27. The molecule has 1 amide bonds. The van der Waals surface area contributed by atoms with E-state index in [1.807, 2.05) is 0 Å². The Labute approximate surface area is 132 Å². The molecule has 1 aromatic carbocycles. The van der Waals surface area contributed by atoms with Crippen molar-refractivity contribution in [3.8, 4) is 5.75 Å². The number of hydrogen-bond donors (Lipinski definition) is 1. The van der Waals surface area contributed by atoms with E-state index >= 15 is 0 Å². The highest BCUT2D eigenvalue weighted by atomic mass is 79.9. The van der Waals surface area contributed by atoms with Gasteiger partial charge >= 0.3 is 17.2 Å². The number of halogens is 4. The summed E-state index contributed by atoms with van der Waals surface area (Å²) in [5, 5.41) is 20.3. The van der Waals surface area contributed by atoms with Crippen LogP contribution in [-0.2, 0) is 6.18 Å². The number of aromatic nitrogens is 2. The number of rotatable bonds is 2. The average molecular weight is 395 g/mol. The molecule has 1 aromatic heterocycles. The number of hydrogen-bond acceptors (Lipinski definition) is 6. The van der Waals surface area contributed by atoms with Crippen molar-refractivity contribution in [2.45, 2.75) is 6.18 Å². The van der Waals surface area contributed by atoms with Crippen LogP contribution in [0.1, 0.15) is 15.4 Å². The summed E-state index contributed by atoms with van der Waals surface area (Å²) in [6, 6.07) is 4.08. The number of aromatic hydroxyl groups is 1. The topological polar surface area (TPSA) is 102 Å². The summed E-state index contributed by atoms with van der Waals surface area (Å²) < 4.78 is 37.4. The number of carbonyl (C=O) groups is 1. The third-order valence-corrected chi connectivity index (χ3v) is 3.46. The number of phenols is 1. The van der Waals surface area contributed by atoms with Gasteiger partial charge in [-0.05, 0) is 18.2 Å². The lowest BCUT2D eigenvalue weighted by atomic mass is 10.2. The minimum Gasteiger partial charge on any atom is -0.507 e.